The molecule has 0 aromatic rings. The third-order valence-electron chi connectivity index (χ3n) is 3.41. The Labute approximate surface area is 99.6 Å². The Bertz CT molecular complexity index is 212. The van der Waals surface area contributed by atoms with E-state index in [9.17, 15) is 4.79 Å². The van der Waals surface area contributed by atoms with Crippen molar-refractivity contribution < 1.29 is 4.79 Å². The van der Waals surface area contributed by atoms with E-state index in [1.165, 1.54) is 19.3 Å². The van der Waals surface area contributed by atoms with E-state index in [1.807, 2.05) is 0 Å². The first kappa shape index (κ1) is 13.7. The molecule has 3 heteroatoms. The average Bonchev–Trinajstić information content (AvgIpc) is 2.26. The number of rotatable bonds is 6. The Morgan fingerprint density at radius 3 is 2.56 bits per heavy atom. The highest BCUT2D eigenvalue weighted by atomic mass is 16.1. The molecule has 0 bridgehead atoms. The van der Waals surface area contributed by atoms with Crippen molar-refractivity contribution in [2.24, 2.45) is 0 Å². The minimum absolute atomic E-state index is 0.308. The molecule has 94 valence electrons. The van der Waals surface area contributed by atoms with Gasteiger partial charge in [0.1, 0.15) is 5.78 Å². The van der Waals surface area contributed by atoms with Crippen molar-refractivity contribution in [3.63, 3.8) is 0 Å². The number of carbonyl (C=O) groups excluding carboxylic acids is 1. The summed E-state index contributed by atoms with van der Waals surface area (Å²) in [4.78, 5) is 13.8. The molecule has 0 saturated carbocycles. The van der Waals surface area contributed by atoms with Gasteiger partial charge in [-0.2, -0.15) is 0 Å². The predicted octanol–water partition coefficient (Wildman–Crippen LogP) is 1.82. The predicted molar refractivity (Wildman–Crippen MR) is 67.6 cm³/mol. The summed E-state index contributed by atoms with van der Waals surface area (Å²) in [6.07, 6.45) is 4.32. The zero-order valence-corrected chi connectivity index (χ0v) is 11.0. The summed E-state index contributed by atoms with van der Waals surface area (Å²) in [7, 11) is 0. The van der Waals surface area contributed by atoms with Gasteiger partial charge < -0.3 is 5.32 Å². The average molecular weight is 226 g/mol. The quantitative estimate of drug-likeness (QED) is 0.750. The van der Waals surface area contributed by atoms with Crippen LogP contribution in [-0.4, -0.2) is 42.4 Å². The van der Waals surface area contributed by atoms with E-state index in [1.54, 1.807) is 6.92 Å². The summed E-state index contributed by atoms with van der Waals surface area (Å²) in [5.41, 5.74) is 0. The molecule has 1 aliphatic rings. The monoisotopic (exact) mass is 226 g/mol. The van der Waals surface area contributed by atoms with Crippen molar-refractivity contribution in [2.45, 2.75) is 58.5 Å². The molecule has 0 amide bonds. The summed E-state index contributed by atoms with van der Waals surface area (Å²) >= 11 is 0. The SMILES string of the molecule is CCCN(C(C)CC(C)=O)C1CCNCC1. The molecule has 0 radical (unpaired) electrons. The first-order chi connectivity index (χ1) is 7.65. The van der Waals surface area contributed by atoms with E-state index in [-0.39, 0.29) is 0 Å². The Morgan fingerprint density at radius 1 is 1.44 bits per heavy atom. The van der Waals surface area contributed by atoms with Gasteiger partial charge in [0.2, 0.25) is 0 Å². The van der Waals surface area contributed by atoms with Crippen LogP contribution in [0.4, 0.5) is 0 Å². The van der Waals surface area contributed by atoms with Crippen molar-refractivity contribution >= 4 is 5.78 Å². The standard InChI is InChI=1S/C13H26N2O/c1-4-9-15(11(2)10-12(3)16)13-5-7-14-8-6-13/h11,13-14H,4-10H2,1-3H3. The Kier molecular flexibility index (Phi) is 5.99. The fraction of sp³-hybridized carbons (Fsp3) is 0.923. The summed E-state index contributed by atoms with van der Waals surface area (Å²) < 4.78 is 0. The van der Waals surface area contributed by atoms with Gasteiger partial charge in [-0.3, -0.25) is 9.69 Å². The van der Waals surface area contributed by atoms with Crippen LogP contribution >= 0.6 is 0 Å². The molecular formula is C13H26N2O. The molecule has 3 nitrogen and oxygen atoms in total. The van der Waals surface area contributed by atoms with Gasteiger partial charge in [0.15, 0.2) is 0 Å². The Morgan fingerprint density at radius 2 is 2.06 bits per heavy atom. The molecule has 1 aliphatic heterocycles. The van der Waals surface area contributed by atoms with Crippen LogP contribution < -0.4 is 5.32 Å². The van der Waals surface area contributed by atoms with Crippen molar-refractivity contribution in [1.29, 1.82) is 0 Å². The van der Waals surface area contributed by atoms with Gasteiger partial charge in [0.05, 0.1) is 0 Å². The summed E-state index contributed by atoms with van der Waals surface area (Å²) in [6.45, 7) is 9.48. The van der Waals surface area contributed by atoms with Crippen LogP contribution in [0.15, 0.2) is 0 Å². The number of hydrogen-bond acceptors (Lipinski definition) is 3. The lowest BCUT2D eigenvalue weighted by molar-refractivity contribution is -0.118. The van der Waals surface area contributed by atoms with Gasteiger partial charge >= 0.3 is 0 Å². The van der Waals surface area contributed by atoms with Crippen molar-refractivity contribution in [3.05, 3.63) is 0 Å². The summed E-state index contributed by atoms with van der Waals surface area (Å²) in [5.74, 6) is 0.308. The highest BCUT2D eigenvalue weighted by Crippen LogP contribution is 2.17. The molecule has 1 N–H and O–H groups in total. The van der Waals surface area contributed by atoms with E-state index in [2.05, 4.69) is 24.1 Å². The van der Waals surface area contributed by atoms with Gasteiger partial charge in [-0.1, -0.05) is 6.92 Å². The topological polar surface area (TPSA) is 32.3 Å². The normalized spacial score (nSPS) is 20.0. The smallest absolute Gasteiger partial charge is 0.131 e. The third kappa shape index (κ3) is 4.22. The summed E-state index contributed by atoms with van der Waals surface area (Å²) in [5, 5.41) is 3.40. The Balaban J connectivity index is 2.53. The number of carbonyl (C=O) groups is 1. The van der Waals surface area contributed by atoms with Crippen LogP contribution in [0.3, 0.4) is 0 Å². The van der Waals surface area contributed by atoms with E-state index in [4.69, 9.17) is 0 Å². The minimum atomic E-state index is 0.308. The molecule has 0 aromatic carbocycles. The lowest BCUT2D eigenvalue weighted by Gasteiger charge is -2.38. The summed E-state index contributed by atoms with van der Waals surface area (Å²) in [6, 6.07) is 1.08. The third-order valence-corrected chi connectivity index (χ3v) is 3.41. The van der Waals surface area contributed by atoms with Crippen molar-refractivity contribution in [1.82, 2.24) is 10.2 Å². The maximum absolute atomic E-state index is 11.2. The van der Waals surface area contributed by atoms with E-state index < -0.39 is 0 Å². The van der Waals surface area contributed by atoms with E-state index in [0.29, 0.717) is 24.3 Å². The molecule has 1 heterocycles. The van der Waals surface area contributed by atoms with Gasteiger partial charge in [-0.25, -0.2) is 0 Å². The fourth-order valence-electron chi connectivity index (χ4n) is 2.69. The van der Waals surface area contributed by atoms with Crippen LogP contribution in [0.5, 0.6) is 0 Å². The van der Waals surface area contributed by atoms with Gasteiger partial charge in [-0.15, -0.1) is 0 Å². The molecular weight excluding hydrogens is 200 g/mol. The van der Waals surface area contributed by atoms with Crippen molar-refractivity contribution in [2.75, 3.05) is 19.6 Å². The van der Waals surface area contributed by atoms with Crippen LogP contribution in [0.1, 0.15) is 46.5 Å². The highest BCUT2D eigenvalue weighted by Gasteiger charge is 2.24. The lowest BCUT2D eigenvalue weighted by atomic mass is 10.0. The first-order valence-corrected chi connectivity index (χ1v) is 6.61. The van der Waals surface area contributed by atoms with E-state index >= 15 is 0 Å². The van der Waals surface area contributed by atoms with Gasteiger partial charge in [0.25, 0.3) is 0 Å². The van der Waals surface area contributed by atoms with Crippen LogP contribution in [-0.2, 0) is 4.79 Å². The molecule has 0 aliphatic carbocycles. The molecule has 0 aromatic heterocycles. The molecule has 16 heavy (non-hydrogen) atoms. The van der Waals surface area contributed by atoms with Crippen LogP contribution in [0, 0.1) is 0 Å². The van der Waals surface area contributed by atoms with Crippen molar-refractivity contribution in [3.8, 4) is 0 Å². The zero-order chi connectivity index (χ0) is 12.0. The van der Waals surface area contributed by atoms with Gasteiger partial charge in [0, 0.05) is 18.5 Å². The largest absolute Gasteiger partial charge is 0.317 e. The first-order valence-electron chi connectivity index (χ1n) is 6.61. The van der Waals surface area contributed by atoms with Crippen LogP contribution in [0.25, 0.3) is 0 Å². The Hall–Kier alpha value is -0.410. The maximum atomic E-state index is 11.2. The lowest BCUT2D eigenvalue weighted by Crippen LogP contribution is -2.47. The number of nitrogens with one attached hydrogen (secondary N) is 1. The maximum Gasteiger partial charge on any atom is 0.131 e. The molecule has 1 rings (SSSR count). The molecule has 1 atom stereocenters. The minimum Gasteiger partial charge on any atom is -0.317 e. The van der Waals surface area contributed by atoms with Crippen LogP contribution in [0.2, 0.25) is 0 Å². The van der Waals surface area contributed by atoms with E-state index in [0.717, 1.165) is 19.6 Å². The number of Topliss-reactive ketones (excluding diaryl/α,β-unsaturated/α-hetero) is 1. The molecule has 1 unspecified atom stereocenters. The number of ketones is 1. The number of hydrogen-bond donors (Lipinski definition) is 1. The molecule has 1 saturated heterocycles. The van der Waals surface area contributed by atoms with Gasteiger partial charge in [-0.05, 0) is 52.7 Å². The number of piperidine rings is 1. The fourth-order valence-corrected chi connectivity index (χ4v) is 2.69. The second-order valence-corrected chi connectivity index (χ2v) is 4.97. The zero-order valence-electron chi connectivity index (χ0n) is 11.0. The highest BCUT2D eigenvalue weighted by molar-refractivity contribution is 5.76. The number of nitrogens with zero attached hydrogens (tertiary/aromatic N) is 1. The second-order valence-electron chi connectivity index (χ2n) is 4.97. The molecule has 0 spiro atoms. The second kappa shape index (κ2) is 7.02. The molecule has 1 fully saturated rings.